The van der Waals surface area contributed by atoms with Crippen molar-refractivity contribution in [2.24, 2.45) is 0 Å². The molecule has 0 bridgehead atoms. The summed E-state index contributed by atoms with van der Waals surface area (Å²) < 4.78 is 37.0. The lowest BCUT2D eigenvalue weighted by molar-refractivity contribution is -0.129. The van der Waals surface area contributed by atoms with Crippen LogP contribution in [0, 0.1) is 11.6 Å². The highest BCUT2D eigenvalue weighted by atomic mass is 19.2. The van der Waals surface area contributed by atoms with Crippen LogP contribution in [0.15, 0.2) is 57.7 Å². The van der Waals surface area contributed by atoms with Crippen LogP contribution in [0.3, 0.4) is 0 Å². The van der Waals surface area contributed by atoms with Crippen LogP contribution in [0.5, 0.6) is 5.75 Å². The molecule has 3 rings (SSSR count). The Labute approximate surface area is 163 Å². The lowest BCUT2D eigenvalue weighted by Crippen LogP contribution is -2.41. The highest BCUT2D eigenvalue weighted by Gasteiger charge is 2.23. The van der Waals surface area contributed by atoms with Crippen LogP contribution in [0.25, 0.3) is 11.0 Å². The normalized spacial score (nSPS) is 11.7. The molecule has 0 saturated heterocycles. The van der Waals surface area contributed by atoms with Gasteiger partial charge in [0.25, 0.3) is 5.91 Å². The molecule has 0 aliphatic heterocycles. The van der Waals surface area contributed by atoms with E-state index in [0.717, 1.165) is 12.1 Å². The first kappa shape index (κ1) is 20.0. The van der Waals surface area contributed by atoms with Gasteiger partial charge in [0.15, 0.2) is 18.2 Å². The van der Waals surface area contributed by atoms with Gasteiger partial charge in [0, 0.05) is 24.6 Å². The molecule has 2 aromatic carbocycles. The summed E-state index contributed by atoms with van der Waals surface area (Å²) in [6, 6.07) is 9.23. The van der Waals surface area contributed by atoms with Gasteiger partial charge in [-0.3, -0.25) is 9.59 Å². The Morgan fingerprint density at radius 1 is 1.07 bits per heavy atom. The molecule has 7 nitrogen and oxygen atoms in total. The van der Waals surface area contributed by atoms with Crippen molar-refractivity contribution in [1.29, 1.82) is 0 Å². The van der Waals surface area contributed by atoms with Crippen molar-refractivity contribution >= 4 is 22.8 Å². The second-order valence-electron chi connectivity index (χ2n) is 6.03. The van der Waals surface area contributed by atoms with Crippen LogP contribution in [0.1, 0.15) is 11.6 Å². The van der Waals surface area contributed by atoms with E-state index >= 15 is 0 Å². The highest BCUT2D eigenvalue weighted by molar-refractivity contribution is 5.89. The van der Waals surface area contributed by atoms with Gasteiger partial charge >= 0.3 is 5.63 Å². The molecule has 0 aliphatic carbocycles. The van der Waals surface area contributed by atoms with E-state index in [0.29, 0.717) is 11.0 Å². The summed E-state index contributed by atoms with van der Waals surface area (Å²) >= 11 is 0. The van der Waals surface area contributed by atoms with Gasteiger partial charge in [-0.2, -0.15) is 0 Å². The summed E-state index contributed by atoms with van der Waals surface area (Å²) in [7, 11) is 1.35. The maximum absolute atomic E-state index is 13.5. The van der Waals surface area contributed by atoms with E-state index in [1.165, 1.54) is 25.2 Å². The van der Waals surface area contributed by atoms with Crippen molar-refractivity contribution in [3.8, 4) is 5.75 Å². The van der Waals surface area contributed by atoms with Gasteiger partial charge in [-0.1, -0.05) is 6.07 Å². The second-order valence-corrected chi connectivity index (χ2v) is 6.03. The summed E-state index contributed by atoms with van der Waals surface area (Å²) in [5.41, 5.74) is -0.156. The number of ether oxygens (including phenoxy) is 1. The first-order valence-electron chi connectivity index (χ1n) is 8.50. The Morgan fingerprint density at radius 3 is 2.55 bits per heavy atom. The van der Waals surface area contributed by atoms with Crippen LogP contribution < -0.4 is 21.0 Å². The number of nitrogens with one attached hydrogen (secondary N) is 2. The van der Waals surface area contributed by atoms with Crippen LogP contribution in [0.2, 0.25) is 0 Å². The topological polar surface area (TPSA) is 97.6 Å². The Balaban J connectivity index is 1.70. The number of benzene rings is 2. The van der Waals surface area contributed by atoms with E-state index in [1.54, 1.807) is 18.2 Å². The molecule has 1 aromatic heterocycles. The molecule has 150 valence electrons. The van der Waals surface area contributed by atoms with E-state index in [-0.39, 0.29) is 11.3 Å². The number of fused-ring (bicyclic) bond motifs is 1. The van der Waals surface area contributed by atoms with Crippen molar-refractivity contribution in [2.75, 3.05) is 13.7 Å². The van der Waals surface area contributed by atoms with Gasteiger partial charge in [0.1, 0.15) is 17.4 Å². The largest absolute Gasteiger partial charge is 0.484 e. The molecule has 3 aromatic rings. The number of carbonyl (C=O) groups is 2. The standard InChI is InChI=1S/C20H16F2N2O5/c1-23-20(27)19(12-3-6-14(21)15(22)8-12)24-17(25)10-28-13-5-2-11-4-7-18(26)29-16(11)9-13/h2-9,19H,10H2,1H3,(H,23,27)(H,24,25). The van der Waals surface area contributed by atoms with E-state index < -0.39 is 41.7 Å². The SMILES string of the molecule is CNC(=O)C(NC(=O)COc1ccc2ccc(=O)oc2c1)c1ccc(F)c(F)c1. The minimum absolute atomic E-state index is 0.0732. The fourth-order valence-electron chi connectivity index (χ4n) is 2.62. The van der Waals surface area contributed by atoms with Gasteiger partial charge in [0.05, 0.1) is 0 Å². The molecule has 0 saturated carbocycles. The molecule has 1 unspecified atom stereocenters. The number of amides is 2. The molecular formula is C20H16F2N2O5. The number of carbonyl (C=O) groups excluding carboxylic acids is 2. The molecule has 0 spiro atoms. The zero-order valence-corrected chi connectivity index (χ0v) is 15.2. The molecule has 1 heterocycles. The van der Waals surface area contributed by atoms with Crippen LogP contribution in [-0.2, 0) is 9.59 Å². The van der Waals surface area contributed by atoms with Crippen molar-refractivity contribution in [1.82, 2.24) is 10.6 Å². The maximum Gasteiger partial charge on any atom is 0.336 e. The molecular weight excluding hydrogens is 386 g/mol. The first-order chi connectivity index (χ1) is 13.9. The average molecular weight is 402 g/mol. The fourth-order valence-corrected chi connectivity index (χ4v) is 2.62. The number of hydrogen-bond acceptors (Lipinski definition) is 5. The molecule has 2 N–H and O–H groups in total. The summed E-state index contributed by atoms with van der Waals surface area (Å²) in [6.45, 7) is -0.459. The zero-order chi connectivity index (χ0) is 21.0. The zero-order valence-electron chi connectivity index (χ0n) is 15.2. The van der Waals surface area contributed by atoms with Crippen LogP contribution in [-0.4, -0.2) is 25.5 Å². The summed E-state index contributed by atoms with van der Waals surface area (Å²) in [4.78, 5) is 35.6. The Hall–Kier alpha value is -3.75. The van der Waals surface area contributed by atoms with Crippen molar-refractivity contribution in [3.05, 3.63) is 76.1 Å². The molecule has 1 atom stereocenters. The molecule has 2 amide bonds. The lowest BCUT2D eigenvalue weighted by Gasteiger charge is -2.18. The van der Waals surface area contributed by atoms with E-state index in [4.69, 9.17) is 9.15 Å². The monoisotopic (exact) mass is 402 g/mol. The molecule has 0 fully saturated rings. The lowest BCUT2D eigenvalue weighted by atomic mass is 10.1. The average Bonchev–Trinajstić information content (AvgIpc) is 2.71. The minimum atomic E-state index is -1.24. The van der Waals surface area contributed by atoms with E-state index in [1.807, 2.05) is 0 Å². The van der Waals surface area contributed by atoms with E-state index in [9.17, 15) is 23.2 Å². The van der Waals surface area contributed by atoms with Crippen LogP contribution >= 0.6 is 0 Å². The van der Waals surface area contributed by atoms with Gasteiger partial charge in [0.2, 0.25) is 5.91 Å². The Morgan fingerprint density at radius 2 is 1.83 bits per heavy atom. The number of likely N-dealkylation sites (N-methyl/N-ethyl adjacent to an activating group) is 1. The van der Waals surface area contributed by atoms with Gasteiger partial charge in [-0.05, 0) is 35.9 Å². The molecule has 9 heteroatoms. The predicted molar refractivity (Wildman–Crippen MR) is 99.3 cm³/mol. The third-order valence-corrected chi connectivity index (χ3v) is 4.06. The fraction of sp³-hybridized carbons (Fsp3) is 0.150. The molecule has 29 heavy (non-hydrogen) atoms. The van der Waals surface area contributed by atoms with Gasteiger partial charge in [-0.15, -0.1) is 0 Å². The minimum Gasteiger partial charge on any atom is -0.484 e. The Kier molecular flexibility index (Phi) is 5.87. The third-order valence-electron chi connectivity index (χ3n) is 4.06. The van der Waals surface area contributed by atoms with Crippen LogP contribution in [0.4, 0.5) is 8.78 Å². The Bertz CT molecular complexity index is 1130. The third kappa shape index (κ3) is 4.75. The summed E-state index contributed by atoms with van der Waals surface area (Å²) in [6.07, 6.45) is 0. The quantitative estimate of drug-likeness (QED) is 0.615. The molecule has 0 radical (unpaired) electrons. The van der Waals surface area contributed by atoms with Crippen molar-refractivity contribution in [3.63, 3.8) is 0 Å². The second kappa shape index (κ2) is 8.51. The van der Waals surface area contributed by atoms with Crippen molar-refractivity contribution < 1.29 is 27.5 Å². The van der Waals surface area contributed by atoms with Crippen molar-refractivity contribution in [2.45, 2.75) is 6.04 Å². The maximum atomic E-state index is 13.5. The highest BCUT2D eigenvalue weighted by Crippen LogP contribution is 2.20. The predicted octanol–water partition coefficient (Wildman–Crippen LogP) is 2.05. The summed E-state index contributed by atoms with van der Waals surface area (Å²) in [5.74, 6) is -3.22. The number of halogens is 2. The summed E-state index contributed by atoms with van der Waals surface area (Å²) in [5, 5.41) is 5.44. The first-order valence-corrected chi connectivity index (χ1v) is 8.50. The smallest absolute Gasteiger partial charge is 0.336 e. The number of hydrogen-bond donors (Lipinski definition) is 2. The number of rotatable bonds is 6. The van der Waals surface area contributed by atoms with E-state index in [2.05, 4.69) is 10.6 Å². The van der Waals surface area contributed by atoms with Gasteiger partial charge < -0.3 is 19.8 Å². The molecule has 0 aliphatic rings. The van der Waals surface area contributed by atoms with Gasteiger partial charge in [-0.25, -0.2) is 13.6 Å².